The van der Waals surface area contributed by atoms with Gasteiger partial charge in [-0.3, -0.25) is 14.8 Å². The molecule has 3 atom stereocenters. The van der Waals surface area contributed by atoms with Gasteiger partial charge < -0.3 is 25.1 Å². The van der Waals surface area contributed by atoms with Gasteiger partial charge in [0, 0.05) is 49.3 Å². The van der Waals surface area contributed by atoms with E-state index in [0.29, 0.717) is 36.6 Å². The lowest BCUT2D eigenvalue weighted by Gasteiger charge is -2.36. The van der Waals surface area contributed by atoms with Crippen molar-refractivity contribution in [2.75, 3.05) is 5.75 Å². The molecule has 4 N–H and O–H groups in total. The molecule has 0 spiro atoms. The van der Waals surface area contributed by atoms with E-state index in [2.05, 4.69) is 5.32 Å². The first kappa shape index (κ1) is 32.4. The quantitative estimate of drug-likeness (QED) is 0.0488. The Balaban J connectivity index is 1.31. The fraction of sp³-hybridized carbons (Fsp3) is 0.406. The van der Waals surface area contributed by atoms with Crippen molar-refractivity contribution in [1.29, 1.82) is 0 Å². The zero-order chi connectivity index (χ0) is 30.4. The first-order valence-electron chi connectivity index (χ1n) is 14.5. The number of aliphatic hydroxyl groups is 1. The molecule has 0 saturated carbocycles. The van der Waals surface area contributed by atoms with Gasteiger partial charge in [-0.1, -0.05) is 73.1 Å². The highest BCUT2D eigenvalue weighted by Crippen LogP contribution is 2.39. The number of carbonyl (C=O) groups is 2. The molecular weight excluding hydrogens is 570 g/mol. The maximum Gasteiger partial charge on any atom is 0.251 e. The Labute approximate surface area is 256 Å². The fourth-order valence-electron chi connectivity index (χ4n) is 4.79. The smallest absolute Gasteiger partial charge is 0.251 e. The number of pyridine rings is 1. The monoisotopic (exact) mass is 609 g/mol. The van der Waals surface area contributed by atoms with E-state index in [1.807, 2.05) is 54.6 Å². The molecule has 4 rings (SSSR count). The second-order valence-electron chi connectivity index (χ2n) is 10.5. The molecule has 2 heterocycles. The van der Waals surface area contributed by atoms with Crippen LogP contribution in [0.3, 0.4) is 0 Å². The lowest BCUT2D eigenvalue weighted by atomic mass is 10.0. The van der Waals surface area contributed by atoms with Crippen LogP contribution in [0.1, 0.15) is 79.6 Å². The number of aromatic nitrogens is 1. The average Bonchev–Trinajstić information content (AvgIpc) is 3.05. The molecule has 0 bridgehead atoms. The van der Waals surface area contributed by atoms with Gasteiger partial charge in [-0.25, -0.2) is 5.48 Å². The predicted octanol–water partition coefficient (Wildman–Crippen LogP) is 4.61. The minimum Gasteiger partial charge on any atom is -0.618 e. The number of nitrogens with zero attached hydrogens (tertiary/aromatic N) is 1. The van der Waals surface area contributed by atoms with Gasteiger partial charge in [0.05, 0.1) is 18.8 Å². The standard InChI is InChI=1S/C32H39N3O7S/c36-21-24-12-14-25(15-13-24)28-19-27(22-43-31-9-5-6-18-35(31)40)41-32(42-28)26-16-10-23(11-17-26)20-33-29(37)7-3-1-2-4-8-30(38)34-39/h5-6,9-18,27-28,32,36,39H,1-4,7-8,19-22H2,(H,33,37)(H,34,38). The number of thioether (sulfide) groups is 1. The number of unbranched alkanes of at least 4 members (excludes halogenated alkanes) is 3. The molecule has 0 aliphatic carbocycles. The molecule has 3 aromatic rings. The highest BCUT2D eigenvalue weighted by Gasteiger charge is 2.32. The van der Waals surface area contributed by atoms with Gasteiger partial charge in [-0.05, 0) is 35.6 Å². The van der Waals surface area contributed by atoms with Crippen LogP contribution in [0, 0.1) is 5.21 Å². The fourth-order valence-corrected chi connectivity index (χ4v) is 5.72. The van der Waals surface area contributed by atoms with E-state index in [0.717, 1.165) is 46.2 Å². The van der Waals surface area contributed by atoms with E-state index in [1.54, 1.807) is 17.6 Å². The van der Waals surface area contributed by atoms with E-state index in [9.17, 15) is 19.9 Å². The molecule has 10 nitrogen and oxygen atoms in total. The number of amides is 2. The number of hydroxylamine groups is 1. The highest BCUT2D eigenvalue weighted by atomic mass is 32.2. The number of rotatable bonds is 15. The zero-order valence-corrected chi connectivity index (χ0v) is 24.8. The summed E-state index contributed by atoms with van der Waals surface area (Å²) in [6.07, 6.45) is 4.89. The number of nitrogens with one attached hydrogen (secondary N) is 2. The Morgan fingerprint density at radius 2 is 1.56 bits per heavy atom. The molecular formula is C32H39N3O7S. The molecule has 1 aliphatic heterocycles. The van der Waals surface area contributed by atoms with E-state index < -0.39 is 12.2 Å². The Kier molecular flexibility index (Phi) is 12.8. The number of ether oxygens (including phenoxy) is 2. The SMILES string of the molecule is O=C(CCCCCCC(=O)NCc1ccc(C2OC(CSc3cccc[n+]3[O-])CC(c3ccc(CO)cc3)O2)cc1)NO. The summed E-state index contributed by atoms with van der Waals surface area (Å²) in [6, 6.07) is 20.8. The van der Waals surface area contributed by atoms with Gasteiger partial charge in [-0.2, -0.15) is 4.73 Å². The summed E-state index contributed by atoms with van der Waals surface area (Å²) in [6.45, 7) is 0.386. The Morgan fingerprint density at radius 3 is 2.23 bits per heavy atom. The maximum atomic E-state index is 12.3. The molecule has 2 aromatic carbocycles. The number of hydrogen-bond acceptors (Lipinski definition) is 8. The van der Waals surface area contributed by atoms with Crippen molar-refractivity contribution in [2.45, 2.75) is 81.6 Å². The summed E-state index contributed by atoms with van der Waals surface area (Å²) in [5.41, 5.74) is 5.25. The van der Waals surface area contributed by atoms with E-state index >= 15 is 0 Å². The summed E-state index contributed by atoms with van der Waals surface area (Å²) < 4.78 is 13.6. The van der Waals surface area contributed by atoms with Crippen molar-refractivity contribution in [3.63, 3.8) is 0 Å². The Morgan fingerprint density at radius 1 is 0.884 bits per heavy atom. The molecule has 1 aliphatic rings. The predicted molar refractivity (Wildman–Crippen MR) is 160 cm³/mol. The van der Waals surface area contributed by atoms with Crippen LogP contribution in [0.25, 0.3) is 0 Å². The van der Waals surface area contributed by atoms with Gasteiger partial charge in [0.25, 0.3) is 5.03 Å². The van der Waals surface area contributed by atoms with E-state index in [-0.39, 0.29) is 31.1 Å². The van der Waals surface area contributed by atoms with Crippen LogP contribution in [-0.2, 0) is 32.2 Å². The third-order valence-corrected chi connectivity index (χ3v) is 8.39. The van der Waals surface area contributed by atoms with Crippen LogP contribution in [0.4, 0.5) is 0 Å². The number of hydrogen-bond donors (Lipinski definition) is 4. The molecule has 11 heteroatoms. The normalized spacial score (nSPS) is 18.2. The molecule has 2 amide bonds. The number of aliphatic hydroxyl groups excluding tert-OH is 1. The molecule has 43 heavy (non-hydrogen) atoms. The number of carbonyl (C=O) groups excluding carboxylic acids is 2. The second kappa shape index (κ2) is 17.0. The minimum atomic E-state index is -0.607. The van der Waals surface area contributed by atoms with Gasteiger partial charge in [0.15, 0.2) is 12.5 Å². The Hall–Kier alpha value is -3.48. The second-order valence-corrected chi connectivity index (χ2v) is 11.5. The Bertz CT molecular complexity index is 1310. The van der Waals surface area contributed by atoms with Crippen molar-refractivity contribution in [3.8, 4) is 0 Å². The van der Waals surface area contributed by atoms with Gasteiger partial charge in [0.1, 0.15) is 0 Å². The summed E-state index contributed by atoms with van der Waals surface area (Å²) in [5, 5.41) is 33.6. The summed E-state index contributed by atoms with van der Waals surface area (Å²) in [7, 11) is 0. The third kappa shape index (κ3) is 10.3. The molecule has 230 valence electrons. The first-order valence-corrected chi connectivity index (χ1v) is 15.5. The first-order chi connectivity index (χ1) is 20.9. The van der Waals surface area contributed by atoms with Crippen molar-refractivity contribution in [2.24, 2.45) is 0 Å². The van der Waals surface area contributed by atoms with E-state index in [4.69, 9.17) is 14.7 Å². The van der Waals surface area contributed by atoms with Crippen molar-refractivity contribution >= 4 is 23.6 Å². The van der Waals surface area contributed by atoms with E-state index in [1.165, 1.54) is 18.0 Å². The zero-order valence-electron chi connectivity index (χ0n) is 24.0. The van der Waals surface area contributed by atoms with Crippen LogP contribution in [0.5, 0.6) is 0 Å². The van der Waals surface area contributed by atoms with Crippen LogP contribution in [-0.4, -0.2) is 34.0 Å². The molecule has 0 radical (unpaired) electrons. The van der Waals surface area contributed by atoms with Crippen LogP contribution >= 0.6 is 11.8 Å². The topological polar surface area (TPSA) is 144 Å². The summed E-state index contributed by atoms with van der Waals surface area (Å²) in [5.74, 6) is 0.169. The van der Waals surface area contributed by atoms with Gasteiger partial charge in [0.2, 0.25) is 11.8 Å². The van der Waals surface area contributed by atoms with Gasteiger partial charge >= 0.3 is 0 Å². The third-order valence-electron chi connectivity index (χ3n) is 7.24. The molecule has 1 fully saturated rings. The van der Waals surface area contributed by atoms with Crippen molar-refractivity contribution < 1.29 is 34.1 Å². The molecule has 1 saturated heterocycles. The van der Waals surface area contributed by atoms with Crippen molar-refractivity contribution in [3.05, 3.63) is 100 Å². The van der Waals surface area contributed by atoms with Gasteiger partial charge in [-0.15, -0.1) is 0 Å². The lowest BCUT2D eigenvalue weighted by Crippen LogP contribution is -2.32. The average molecular weight is 610 g/mol. The van der Waals surface area contributed by atoms with Crippen LogP contribution in [0.15, 0.2) is 78.0 Å². The highest BCUT2D eigenvalue weighted by molar-refractivity contribution is 7.99. The largest absolute Gasteiger partial charge is 0.618 e. The maximum absolute atomic E-state index is 12.3. The summed E-state index contributed by atoms with van der Waals surface area (Å²) >= 11 is 1.45. The molecule has 1 aromatic heterocycles. The van der Waals surface area contributed by atoms with Crippen LogP contribution in [0.2, 0.25) is 0 Å². The number of benzene rings is 2. The van der Waals surface area contributed by atoms with Crippen LogP contribution < -0.4 is 15.5 Å². The lowest BCUT2D eigenvalue weighted by molar-refractivity contribution is -0.645. The van der Waals surface area contributed by atoms with Crippen molar-refractivity contribution in [1.82, 2.24) is 10.8 Å². The minimum absolute atomic E-state index is 0.0238. The summed E-state index contributed by atoms with van der Waals surface area (Å²) in [4.78, 5) is 23.3. The molecule has 3 unspecified atom stereocenters.